The highest BCUT2D eigenvalue weighted by Gasteiger charge is 2.29. The third-order valence-electron chi connectivity index (χ3n) is 5.08. The van der Waals surface area contributed by atoms with Gasteiger partial charge in [-0.05, 0) is 47.5 Å². The topological polar surface area (TPSA) is 0 Å². The van der Waals surface area contributed by atoms with Crippen LogP contribution in [0.25, 0.3) is 0 Å². The standard InChI is InChI=1S/C23H40/c1-8-9-11-16-21(23(5,6)7)17-20(18-22(2,3)4)19-14-12-10-13-15-19/h10,12-15,20-21H,8-9,11,16-18H2,1-7H3. The minimum Gasteiger partial charge on any atom is -0.0654 e. The Morgan fingerprint density at radius 1 is 0.870 bits per heavy atom. The van der Waals surface area contributed by atoms with Crippen LogP contribution in [0.3, 0.4) is 0 Å². The molecule has 0 spiro atoms. The van der Waals surface area contributed by atoms with Gasteiger partial charge in [0.05, 0.1) is 0 Å². The smallest absolute Gasteiger partial charge is 0.0154 e. The van der Waals surface area contributed by atoms with Crippen molar-refractivity contribution in [2.24, 2.45) is 16.7 Å². The Kier molecular flexibility index (Phi) is 7.84. The average Bonchev–Trinajstić information content (AvgIpc) is 2.44. The summed E-state index contributed by atoms with van der Waals surface area (Å²) in [6, 6.07) is 11.2. The highest BCUT2D eigenvalue weighted by atomic mass is 14.3. The Morgan fingerprint density at radius 2 is 1.48 bits per heavy atom. The van der Waals surface area contributed by atoms with Gasteiger partial charge < -0.3 is 0 Å². The SMILES string of the molecule is CCCCCC(CC(CC(C)(C)C)c1ccccc1)C(C)(C)C. The molecule has 23 heavy (non-hydrogen) atoms. The van der Waals surface area contributed by atoms with Crippen molar-refractivity contribution in [2.75, 3.05) is 0 Å². The Bertz CT molecular complexity index is 416. The van der Waals surface area contributed by atoms with E-state index in [-0.39, 0.29) is 0 Å². The zero-order valence-corrected chi connectivity index (χ0v) is 16.8. The molecule has 0 aliphatic rings. The largest absolute Gasteiger partial charge is 0.0654 e. The lowest BCUT2D eigenvalue weighted by atomic mass is 9.69. The molecule has 0 fully saturated rings. The molecule has 1 aromatic carbocycles. The van der Waals surface area contributed by atoms with E-state index in [0.29, 0.717) is 16.7 Å². The van der Waals surface area contributed by atoms with E-state index in [2.05, 4.69) is 78.8 Å². The molecule has 1 aromatic rings. The van der Waals surface area contributed by atoms with E-state index < -0.39 is 0 Å². The number of benzene rings is 1. The van der Waals surface area contributed by atoms with Crippen molar-refractivity contribution in [3.8, 4) is 0 Å². The molecular formula is C23H40. The van der Waals surface area contributed by atoms with Crippen molar-refractivity contribution in [1.82, 2.24) is 0 Å². The fraction of sp³-hybridized carbons (Fsp3) is 0.739. The molecule has 0 bridgehead atoms. The highest BCUT2D eigenvalue weighted by molar-refractivity contribution is 5.20. The Hall–Kier alpha value is -0.780. The number of unbranched alkanes of at least 4 members (excludes halogenated alkanes) is 2. The monoisotopic (exact) mass is 316 g/mol. The van der Waals surface area contributed by atoms with Gasteiger partial charge in [-0.2, -0.15) is 0 Å². The van der Waals surface area contributed by atoms with Crippen molar-refractivity contribution in [3.63, 3.8) is 0 Å². The third-order valence-corrected chi connectivity index (χ3v) is 5.08. The molecule has 2 unspecified atom stereocenters. The quantitative estimate of drug-likeness (QED) is 0.428. The second kappa shape index (κ2) is 8.90. The highest BCUT2D eigenvalue weighted by Crippen LogP contribution is 2.42. The molecule has 0 aliphatic heterocycles. The molecule has 0 amide bonds. The first-order valence-electron chi connectivity index (χ1n) is 9.68. The Morgan fingerprint density at radius 3 is 1.96 bits per heavy atom. The van der Waals surface area contributed by atoms with E-state index in [0.717, 1.165) is 5.92 Å². The summed E-state index contributed by atoms with van der Waals surface area (Å²) in [5, 5.41) is 0. The molecule has 0 aromatic heterocycles. The first-order chi connectivity index (χ1) is 10.6. The van der Waals surface area contributed by atoms with Crippen molar-refractivity contribution in [3.05, 3.63) is 35.9 Å². The fourth-order valence-electron chi connectivity index (χ4n) is 3.69. The average molecular weight is 317 g/mol. The lowest BCUT2D eigenvalue weighted by Crippen LogP contribution is -2.24. The fourth-order valence-corrected chi connectivity index (χ4v) is 3.69. The van der Waals surface area contributed by atoms with E-state index >= 15 is 0 Å². The molecule has 0 aliphatic carbocycles. The van der Waals surface area contributed by atoms with Gasteiger partial charge in [0.15, 0.2) is 0 Å². The molecule has 1 rings (SSSR count). The summed E-state index contributed by atoms with van der Waals surface area (Å²) in [4.78, 5) is 0. The number of hydrogen-bond acceptors (Lipinski definition) is 0. The Balaban J connectivity index is 2.91. The third kappa shape index (κ3) is 8.04. The summed E-state index contributed by atoms with van der Waals surface area (Å²) >= 11 is 0. The maximum atomic E-state index is 2.43. The second-order valence-electron chi connectivity index (χ2n) is 9.67. The summed E-state index contributed by atoms with van der Waals surface area (Å²) < 4.78 is 0. The summed E-state index contributed by atoms with van der Waals surface area (Å²) in [7, 11) is 0. The molecule has 0 nitrogen and oxygen atoms in total. The first kappa shape index (κ1) is 20.3. The molecule has 0 saturated heterocycles. The zero-order chi connectivity index (χ0) is 17.5. The van der Waals surface area contributed by atoms with Crippen molar-refractivity contribution in [2.45, 2.75) is 92.9 Å². The molecular weight excluding hydrogens is 276 g/mol. The molecule has 132 valence electrons. The summed E-state index contributed by atoms with van der Waals surface area (Å²) in [5.74, 6) is 1.49. The van der Waals surface area contributed by atoms with Gasteiger partial charge >= 0.3 is 0 Å². The van der Waals surface area contributed by atoms with E-state index in [9.17, 15) is 0 Å². The van der Waals surface area contributed by atoms with Crippen LogP contribution in [-0.2, 0) is 0 Å². The van der Waals surface area contributed by atoms with Gasteiger partial charge in [0.25, 0.3) is 0 Å². The number of hydrogen-bond donors (Lipinski definition) is 0. The van der Waals surface area contributed by atoms with Gasteiger partial charge in [-0.15, -0.1) is 0 Å². The van der Waals surface area contributed by atoms with Crippen molar-refractivity contribution in [1.29, 1.82) is 0 Å². The minimum atomic E-state index is 0.381. The molecule has 0 saturated carbocycles. The van der Waals surface area contributed by atoms with E-state index in [4.69, 9.17) is 0 Å². The summed E-state index contributed by atoms with van der Waals surface area (Å²) in [5.41, 5.74) is 2.32. The molecule has 0 heterocycles. The van der Waals surface area contributed by atoms with Crippen molar-refractivity contribution >= 4 is 0 Å². The lowest BCUT2D eigenvalue weighted by Gasteiger charge is -2.36. The van der Waals surface area contributed by atoms with Gasteiger partial charge in [-0.25, -0.2) is 0 Å². The molecule has 0 heteroatoms. The number of rotatable bonds is 8. The van der Waals surface area contributed by atoms with Crippen LogP contribution in [0.5, 0.6) is 0 Å². The van der Waals surface area contributed by atoms with Crippen LogP contribution in [0.4, 0.5) is 0 Å². The van der Waals surface area contributed by atoms with Crippen LogP contribution < -0.4 is 0 Å². The van der Waals surface area contributed by atoms with Gasteiger partial charge in [-0.1, -0.05) is 98.1 Å². The van der Waals surface area contributed by atoms with Gasteiger partial charge in [0.2, 0.25) is 0 Å². The summed E-state index contributed by atoms with van der Waals surface area (Å²) in [6.45, 7) is 16.7. The van der Waals surface area contributed by atoms with Crippen LogP contribution in [0.2, 0.25) is 0 Å². The summed E-state index contributed by atoms with van der Waals surface area (Å²) in [6.07, 6.45) is 8.06. The first-order valence-corrected chi connectivity index (χ1v) is 9.68. The van der Waals surface area contributed by atoms with Gasteiger partial charge in [0, 0.05) is 0 Å². The maximum Gasteiger partial charge on any atom is -0.0154 e. The van der Waals surface area contributed by atoms with Crippen LogP contribution in [-0.4, -0.2) is 0 Å². The van der Waals surface area contributed by atoms with Gasteiger partial charge in [-0.3, -0.25) is 0 Å². The van der Waals surface area contributed by atoms with Crippen LogP contribution >= 0.6 is 0 Å². The van der Waals surface area contributed by atoms with Crippen molar-refractivity contribution < 1.29 is 0 Å². The molecule has 0 N–H and O–H groups in total. The van der Waals surface area contributed by atoms with E-state index in [1.165, 1.54) is 44.1 Å². The molecule has 2 atom stereocenters. The van der Waals surface area contributed by atoms with Crippen LogP contribution in [0, 0.1) is 16.7 Å². The predicted octanol–water partition coefficient (Wildman–Crippen LogP) is 7.84. The predicted molar refractivity (Wildman–Crippen MR) is 105 cm³/mol. The van der Waals surface area contributed by atoms with Crippen LogP contribution in [0.1, 0.15) is 98.5 Å². The minimum absolute atomic E-state index is 0.381. The second-order valence-corrected chi connectivity index (χ2v) is 9.67. The Labute approximate surface area is 146 Å². The molecule has 0 radical (unpaired) electrons. The normalized spacial score (nSPS) is 15.4. The lowest BCUT2D eigenvalue weighted by molar-refractivity contribution is 0.180. The maximum absolute atomic E-state index is 2.43. The van der Waals surface area contributed by atoms with Crippen LogP contribution in [0.15, 0.2) is 30.3 Å². The van der Waals surface area contributed by atoms with E-state index in [1.807, 2.05) is 0 Å². The van der Waals surface area contributed by atoms with Gasteiger partial charge in [0.1, 0.15) is 0 Å². The zero-order valence-electron chi connectivity index (χ0n) is 16.8. The van der Waals surface area contributed by atoms with E-state index in [1.54, 1.807) is 0 Å².